The summed E-state index contributed by atoms with van der Waals surface area (Å²) in [5.41, 5.74) is 19.5. The second-order valence-electron chi connectivity index (χ2n) is 15.7. The van der Waals surface area contributed by atoms with E-state index in [4.69, 9.17) is 11.6 Å². The average molecular weight is 844 g/mol. The molecule has 0 bridgehead atoms. The zero-order valence-electron chi connectivity index (χ0n) is 34.0. The molecule has 61 heavy (non-hydrogen) atoms. The van der Waals surface area contributed by atoms with E-state index < -0.39 is 0 Å². The molecule has 296 valence electrons. The van der Waals surface area contributed by atoms with E-state index in [0.29, 0.717) is 0 Å². The van der Waals surface area contributed by atoms with Crippen molar-refractivity contribution in [1.82, 2.24) is 0 Å². The van der Waals surface area contributed by atoms with E-state index in [1.165, 1.54) is 104 Å². The van der Waals surface area contributed by atoms with Gasteiger partial charge in [0.05, 0.1) is 22.7 Å². The number of hydrogen-bond acceptors (Lipinski definition) is 4. The van der Waals surface area contributed by atoms with Crippen molar-refractivity contribution in [3.8, 4) is 22.3 Å². The first-order valence-corrected chi connectivity index (χ1v) is 22.7. The smallest absolute Gasteiger partial charge is 0.0601 e. The van der Waals surface area contributed by atoms with Gasteiger partial charge < -0.3 is 10.2 Å². The molecule has 4 aliphatic rings. The number of halogens is 1. The molecule has 8 aromatic carbocycles. The first-order chi connectivity index (χ1) is 29.9. The second-order valence-corrected chi connectivity index (χ2v) is 18.3. The monoisotopic (exact) mass is 842 g/mol. The Morgan fingerprint density at radius 1 is 0.459 bits per heavy atom. The second kappa shape index (κ2) is 17.1. The van der Waals surface area contributed by atoms with Crippen molar-refractivity contribution < 1.29 is 0 Å². The maximum Gasteiger partial charge on any atom is 0.0601 e. The molecule has 0 amide bonds. The molecule has 2 aliphatic carbocycles. The highest BCUT2D eigenvalue weighted by molar-refractivity contribution is 8.00. The fourth-order valence-electron chi connectivity index (χ4n) is 8.62. The molecule has 12 rings (SSSR count). The number of para-hydroxylation sites is 4. The maximum atomic E-state index is 6.20. The highest BCUT2D eigenvalue weighted by Crippen LogP contribution is 2.52. The highest BCUT2D eigenvalue weighted by atomic mass is 35.5. The van der Waals surface area contributed by atoms with Crippen molar-refractivity contribution in [1.29, 1.82) is 0 Å². The Kier molecular flexibility index (Phi) is 10.9. The largest absolute Gasteiger partial charge is 0.354 e. The van der Waals surface area contributed by atoms with Gasteiger partial charge in [0.15, 0.2) is 0 Å². The third-order valence-corrected chi connectivity index (χ3v) is 13.9. The molecule has 0 atom stereocenters. The van der Waals surface area contributed by atoms with E-state index in [9.17, 15) is 0 Å². The van der Waals surface area contributed by atoms with Crippen LogP contribution in [0.4, 0.5) is 28.4 Å². The number of benzene rings is 8. The van der Waals surface area contributed by atoms with Gasteiger partial charge >= 0.3 is 0 Å². The number of nitrogens with zero attached hydrogens (tertiary/aromatic N) is 1. The molecule has 0 aromatic heterocycles. The van der Waals surface area contributed by atoms with Crippen LogP contribution in [0, 0.1) is 0 Å². The van der Waals surface area contributed by atoms with Gasteiger partial charge in [0.2, 0.25) is 0 Å². The van der Waals surface area contributed by atoms with Crippen molar-refractivity contribution in [2.24, 2.45) is 0 Å². The Balaban J connectivity index is 0.000000121. The summed E-state index contributed by atoms with van der Waals surface area (Å²) in [5.74, 6) is 0. The zero-order chi connectivity index (χ0) is 41.3. The average Bonchev–Trinajstić information content (AvgIpc) is 3.88. The summed E-state index contributed by atoms with van der Waals surface area (Å²) in [7, 11) is 0. The van der Waals surface area contributed by atoms with Crippen LogP contribution in [-0.2, 0) is 12.8 Å². The molecule has 0 radical (unpaired) electrons. The fraction of sp³-hybridized carbons (Fsp3) is 0.0714. The van der Waals surface area contributed by atoms with E-state index in [1.54, 1.807) is 0 Å². The predicted octanol–water partition coefficient (Wildman–Crippen LogP) is 17.1. The third-order valence-electron chi connectivity index (χ3n) is 11.4. The number of fused-ring (bicyclic) bond motifs is 6. The van der Waals surface area contributed by atoms with Crippen LogP contribution in [0.5, 0.6) is 0 Å². The van der Waals surface area contributed by atoms with Crippen LogP contribution in [0.25, 0.3) is 34.4 Å². The lowest BCUT2D eigenvalue weighted by atomic mass is 9.94. The van der Waals surface area contributed by atoms with Crippen molar-refractivity contribution in [3.63, 3.8) is 0 Å². The van der Waals surface area contributed by atoms with Crippen LogP contribution in [-0.4, -0.2) is 0 Å². The van der Waals surface area contributed by atoms with Gasteiger partial charge in [-0.3, -0.25) is 0 Å². The summed E-state index contributed by atoms with van der Waals surface area (Å²) in [6.45, 7) is 4.40. The Bertz CT molecular complexity index is 2860. The van der Waals surface area contributed by atoms with E-state index in [0.717, 1.165) is 17.9 Å². The van der Waals surface area contributed by atoms with Gasteiger partial charge in [-0.25, -0.2) is 0 Å². The Labute approximate surface area is 372 Å². The number of allylic oxidation sites excluding steroid dienone is 2. The molecule has 2 heterocycles. The first kappa shape index (κ1) is 39.0. The van der Waals surface area contributed by atoms with Crippen LogP contribution >= 0.6 is 35.1 Å². The van der Waals surface area contributed by atoms with Gasteiger partial charge in [-0.05, 0) is 144 Å². The van der Waals surface area contributed by atoms with E-state index >= 15 is 0 Å². The molecule has 0 saturated carbocycles. The molecule has 0 fully saturated rings. The third kappa shape index (κ3) is 8.07. The molecule has 0 saturated heterocycles. The SMILES string of the molecule is CC1=Cc2cc(Cl)cc(-c3ccccc3)c2C1.CC1=Cc2cc(N3c4ccccc4Sc4ccccc43)cc(-c3ccccc3)c2C1.c1ccc2c(c1)Nc1ccccc1S2. The van der Waals surface area contributed by atoms with Gasteiger partial charge in [0.25, 0.3) is 0 Å². The fourth-order valence-corrected chi connectivity index (χ4v) is 10.9. The van der Waals surface area contributed by atoms with Gasteiger partial charge in [0.1, 0.15) is 0 Å². The minimum Gasteiger partial charge on any atom is -0.354 e. The molecule has 2 nitrogen and oxygen atoms in total. The van der Waals surface area contributed by atoms with Crippen LogP contribution in [0.15, 0.2) is 213 Å². The van der Waals surface area contributed by atoms with Gasteiger partial charge in [-0.15, -0.1) is 0 Å². The van der Waals surface area contributed by atoms with Crippen molar-refractivity contribution in [2.75, 3.05) is 10.2 Å². The summed E-state index contributed by atoms with van der Waals surface area (Å²) < 4.78 is 0. The van der Waals surface area contributed by atoms with E-state index in [-0.39, 0.29) is 0 Å². The predicted molar refractivity (Wildman–Crippen MR) is 263 cm³/mol. The summed E-state index contributed by atoms with van der Waals surface area (Å²) in [6.07, 6.45) is 6.65. The topological polar surface area (TPSA) is 15.3 Å². The minimum atomic E-state index is 0.813. The first-order valence-electron chi connectivity index (χ1n) is 20.7. The van der Waals surface area contributed by atoms with Crippen LogP contribution in [0.1, 0.15) is 36.1 Å². The van der Waals surface area contributed by atoms with Gasteiger partial charge in [0, 0.05) is 30.3 Å². The lowest BCUT2D eigenvalue weighted by Crippen LogP contribution is -2.15. The quantitative estimate of drug-likeness (QED) is 0.190. The Morgan fingerprint density at radius 3 is 1.43 bits per heavy atom. The molecule has 5 heteroatoms. The van der Waals surface area contributed by atoms with Crippen molar-refractivity contribution >= 4 is 75.7 Å². The van der Waals surface area contributed by atoms with Crippen LogP contribution in [0.3, 0.4) is 0 Å². The Hall–Kier alpha value is -6.17. The standard InChI is InChI=1S/C28H21NS.C16H13Cl.C12H9NS/c1-19-15-21-17-22(18-24(23(21)16-19)20-9-3-2-4-10-20)29-25-11-5-7-13-27(25)30-28-14-8-6-12-26(28)29;1-11-7-13-9-14(17)10-16(15(13)8-11)12-5-3-2-4-6-12;1-3-7-11-9(5-1)13-10-6-2-4-8-12(10)14-11/h2-15,17-18H,16H2,1H3;2-7,9-10H,8H2,1H3;1-8,13H. The summed E-state index contributed by atoms with van der Waals surface area (Å²) in [4.78, 5) is 7.61. The number of nitrogens with one attached hydrogen (secondary N) is 1. The lowest BCUT2D eigenvalue weighted by molar-refractivity contribution is 1.15. The van der Waals surface area contributed by atoms with E-state index in [2.05, 4.69) is 212 Å². The molecule has 0 spiro atoms. The number of hydrogen-bond donors (Lipinski definition) is 1. The van der Waals surface area contributed by atoms with Crippen LogP contribution in [0.2, 0.25) is 5.02 Å². The summed E-state index contributed by atoms with van der Waals surface area (Å²) >= 11 is 9.87. The Morgan fingerprint density at radius 2 is 0.885 bits per heavy atom. The molecule has 0 unspecified atom stereocenters. The number of rotatable bonds is 3. The highest BCUT2D eigenvalue weighted by Gasteiger charge is 2.27. The maximum absolute atomic E-state index is 6.20. The molecule has 1 N–H and O–H groups in total. The molecule has 8 aromatic rings. The van der Waals surface area contributed by atoms with Crippen molar-refractivity contribution in [3.05, 3.63) is 220 Å². The zero-order valence-corrected chi connectivity index (χ0v) is 36.4. The molecule has 2 aliphatic heterocycles. The van der Waals surface area contributed by atoms with Crippen molar-refractivity contribution in [2.45, 2.75) is 46.3 Å². The number of anilines is 5. The summed E-state index contributed by atoms with van der Waals surface area (Å²) in [5, 5.41) is 4.23. The van der Waals surface area contributed by atoms with Gasteiger partial charge in [-0.1, -0.05) is 168 Å². The molecular weight excluding hydrogens is 800 g/mol. The summed E-state index contributed by atoms with van der Waals surface area (Å²) in [6, 6.07) is 64.3. The lowest BCUT2D eigenvalue weighted by Gasteiger charge is -2.33. The molecular formula is C56H43ClN2S2. The van der Waals surface area contributed by atoms with E-state index in [1.807, 2.05) is 29.6 Å². The van der Waals surface area contributed by atoms with Crippen LogP contribution < -0.4 is 10.2 Å². The minimum absolute atomic E-state index is 0.813. The van der Waals surface area contributed by atoms with Gasteiger partial charge in [-0.2, -0.15) is 0 Å². The normalized spacial score (nSPS) is 13.5.